The topological polar surface area (TPSA) is 360 Å². The van der Waals surface area contributed by atoms with Crippen LogP contribution in [0.15, 0.2) is 225 Å². The molecule has 0 atom stereocenters. The van der Waals surface area contributed by atoms with Crippen molar-refractivity contribution in [3.05, 3.63) is 270 Å². The predicted octanol–water partition coefficient (Wildman–Crippen LogP) is 14.2. The number of aliphatic hydroxyl groups is 2. The van der Waals surface area contributed by atoms with Crippen LogP contribution < -0.4 is 57.2 Å². The number of rotatable bonds is 22. The molecule has 6 heterocycles. The monoisotopic (exact) mass is 1460 g/mol. The fourth-order valence-corrected chi connectivity index (χ4v) is 10.8. The van der Waals surface area contributed by atoms with Gasteiger partial charge < -0.3 is 56.7 Å². The summed E-state index contributed by atoms with van der Waals surface area (Å²) in [6.07, 6.45) is 8.36. The third-order valence-electron chi connectivity index (χ3n) is 16.5. The molecule has 0 aliphatic heterocycles. The quantitative estimate of drug-likeness (QED) is 0.0282. The number of carbonyl (C=O) groups excluding carboxylic acids is 4. The Hall–Kier alpha value is -13.7. The van der Waals surface area contributed by atoms with Gasteiger partial charge in [0.25, 0.3) is 11.8 Å². The highest BCUT2D eigenvalue weighted by Gasteiger charge is 2.25. The molecule has 7 aromatic carbocycles. The number of aliphatic hydroxyl groups excluding tert-OH is 2. The number of nitrogen functional groups attached to an aromatic ring is 1. The number of hydrogen-bond acceptors (Lipinski definition) is 20. The van der Waals surface area contributed by atoms with E-state index in [-0.39, 0.29) is 55.1 Å². The number of nitrogens with zero attached hydrogens (tertiary/aromatic N) is 10. The Morgan fingerprint density at radius 2 is 0.908 bits per heavy atom. The molecule has 0 unspecified atom stereocenters. The molecule has 0 aliphatic carbocycles. The number of anilines is 8. The first-order valence-electron chi connectivity index (χ1n) is 34.9. The molecule has 0 saturated heterocycles. The normalized spacial score (nSPS) is 11.1. The summed E-state index contributed by atoms with van der Waals surface area (Å²) in [4.78, 5) is 74.9. The molecular formula is C82H84N18O9. The van der Waals surface area contributed by atoms with E-state index in [1.807, 2.05) is 190 Å². The van der Waals surface area contributed by atoms with Gasteiger partial charge >= 0.3 is 12.1 Å². The van der Waals surface area contributed by atoms with Gasteiger partial charge in [0.2, 0.25) is 0 Å². The molecule has 6 aromatic heterocycles. The van der Waals surface area contributed by atoms with E-state index in [0.717, 1.165) is 72.3 Å². The number of nitrogens with one attached hydrogen (secondary N) is 7. The second-order valence-electron chi connectivity index (χ2n) is 27.0. The summed E-state index contributed by atoms with van der Waals surface area (Å²) in [5.74, 6) is 4.15. The summed E-state index contributed by atoms with van der Waals surface area (Å²) in [5.41, 5.74) is 14.9. The highest BCUT2D eigenvalue weighted by atomic mass is 16.6. The molecule has 556 valence electrons. The largest absolute Gasteiger partial charge is 0.488 e. The van der Waals surface area contributed by atoms with E-state index in [4.69, 9.17) is 35.3 Å². The first kappa shape index (κ1) is 76.5. The average molecular weight is 1470 g/mol. The van der Waals surface area contributed by atoms with Gasteiger partial charge in [-0.1, -0.05) is 144 Å². The number of fused-ring (bicyclic) bond motifs is 2. The number of para-hydroxylation sites is 1. The van der Waals surface area contributed by atoms with Gasteiger partial charge in [0, 0.05) is 75.7 Å². The average Bonchev–Trinajstić information content (AvgIpc) is 1.75. The molecule has 109 heavy (non-hydrogen) atoms. The summed E-state index contributed by atoms with van der Waals surface area (Å²) in [7, 11) is 0. The Morgan fingerprint density at radius 3 is 1.38 bits per heavy atom. The third kappa shape index (κ3) is 20.9. The molecular weight excluding hydrogens is 1380 g/mol. The number of aromatic nitrogens is 10. The second kappa shape index (κ2) is 35.4. The molecule has 5 amide bonds. The molecule has 0 bridgehead atoms. The fraction of sp³-hybridized carbons (Fsp3) is 0.195. The van der Waals surface area contributed by atoms with E-state index in [2.05, 4.69) is 114 Å². The van der Waals surface area contributed by atoms with Crippen LogP contribution in [-0.4, -0.2) is 110 Å². The van der Waals surface area contributed by atoms with Crippen molar-refractivity contribution < 1.29 is 43.6 Å². The lowest BCUT2D eigenvalue weighted by Crippen LogP contribution is -2.27. The van der Waals surface area contributed by atoms with Crippen LogP contribution in [0.4, 0.5) is 55.9 Å². The van der Waals surface area contributed by atoms with Crippen molar-refractivity contribution in [2.24, 2.45) is 0 Å². The van der Waals surface area contributed by atoms with Crippen LogP contribution >= 0.6 is 0 Å². The minimum Gasteiger partial charge on any atom is -0.488 e. The van der Waals surface area contributed by atoms with Crippen LogP contribution in [0.3, 0.4) is 0 Å². The van der Waals surface area contributed by atoms with Crippen LogP contribution in [0.5, 0.6) is 17.2 Å². The Balaban J connectivity index is 0.000000174. The first-order chi connectivity index (χ1) is 52.5. The Morgan fingerprint density at radius 1 is 0.459 bits per heavy atom. The molecule has 0 radical (unpaired) electrons. The molecule has 0 spiro atoms. The molecule has 0 fully saturated rings. The van der Waals surface area contributed by atoms with E-state index >= 15 is 0 Å². The fourth-order valence-electron chi connectivity index (χ4n) is 10.8. The number of aryl methyl sites for hydroxylation is 2. The van der Waals surface area contributed by atoms with Crippen molar-refractivity contribution in [1.29, 1.82) is 0 Å². The van der Waals surface area contributed by atoms with Crippen LogP contribution in [0.1, 0.15) is 96.2 Å². The van der Waals surface area contributed by atoms with Crippen molar-refractivity contribution in [1.82, 2.24) is 60.1 Å². The number of ether oxygens (including phenoxy) is 3. The van der Waals surface area contributed by atoms with Crippen LogP contribution in [0, 0.1) is 13.8 Å². The molecule has 27 nitrogen and oxygen atoms in total. The Bertz CT molecular complexity index is 5280. The summed E-state index contributed by atoms with van der Waals surface area (Å²) in [6, 6.07) is 58.6. The number of hydrogen-bond donors (Lipinski definition) is 10. The molecule has 0 aliphatic rings. The maximum absolute atomic E-state index is 13.4. The van der Waals surface area contributed by atoms with Crippen LogP contribution in [0.25, 0.3) is 32.9 Å². The second-order valence-corrected chi connectivity index (χ2v) is 27.0. The van der Waals surface area contributed by atoms with E-state index in [1.54, 1.807) is 33.9 Å². The van der Waals surface area contributed by atoms with E-state index < -0.39 is 23.9 Å². The number of benzene rings is 7. The number of amides is 5. The Labute approximate surface area is 629 Å². The molecule has 27 heteroatoms. The molecule has 13 rings (SSSR count). The minimum absolute atomic E-state index is 0.134. The number of nitrogens with two attached hydrogens (primary N) is 1. The van der Waals surface area contributed by atoms with Crippen molar-refractivity contribution in [2.75, 3.05) is 58.6 Å². The smallest absolute Gasteiger partial charge is 0.418 e. The van der Waals surface area contributed by atoms with Gasteiger partial charge in [0.15, 0.2) is 0 Å². The van der Waals surface area contributed by atoms with Gasteiger partial charge in [0.1, 0.15) is 76.8 Å². The summed E-state index contributed by atoms with van der Waals surface area (Å²) in [5, 5.41) is 50.7. The van der Waals surface area contributed by atoms with Crippen molar-refractivity contribution in [3.63, 3.8) is 0 Å². The lowest BCUT2D eigenvalue weighted by Gasteiger charge is -2.15. The van der Waals surface area contributed by atoms with Crippen molar-refractivity contribution >= 4 is 91.8 Å². The van der Waals surface area contributed by atoms with Gasteiger partial charge in [-0.05, 0) is 110 Å². The highest BCUT2D eigenvalue weighted by Crippen LogP contribution is 2.35. The van der Waals surface area contributed by atoms with E-state index in [9.17, 15) is 19.2 Å². The van der Waals surface area contributed by atoms with Gasteiger partial charge in [-0.25, -0.2) is 48.9 Å². The summed E-state index contributed by atoms with van der Waals surface area (Å²) in [6.45, 7) is 17.2. The van der Waals surface area contributed by atoms with E-state index in [1.165, 1.54) is 24.8 Å². The number of urea groups is 1. The zero-order chi connectivity index (χ0) is 77.0. The number of pyridine rings is 2. The predicted molar refractivity (Wildman–Crippen MR) is 422 cm³/mol. The first-order valence-corrected chi connectivity index (χ1v) is 34.9. The standard InChI is InChI=1S/C38H39N9O4.C23H22N6O3.C21H23N3O2/c1-24-9-11-26(12-10-24)47-35(20-32(46-47)38(2,3)4)45-37(50)43-29-13-14-31(28-8-6-5-7-27(28)29)51-23-25-15-16-39-33(19-25)44-34-22-41-30(21-42-34)36(49)40-17-18-48;24-18-5-6-20(17-4-2-1-3-16(17)18)32-14-15-7-8-25-21(11-15)29-22-13-27-19(12-28-22)23(31)26-9-10-30;1-15-10-12-16(13-11-15)24-19(14-18(23-24)21(2,3)4)22-20(25)26-17-8-6-5-7-9-17/h5-16,19-22,48H,17-18,23H2,1-4H3,(H,40,49)(H,39,42,44)(H2,43,45,50);1-8,11-13,30H,9-10,14,24H2,(H,26,31)(H,25,28,29);5-14H,1-4H3,(H,22,25). The molecule has 11 N–H and O–H groups in total. The molecule has 0 saturated carbocycles. The van der Waals surface area contributed by atoms with Crippen LogP contribution in [0.2, 0.25) is 0 Å². The lowest BCUT2D eigenvalue weighted by molar-refractivity contribution is 0.0932. The van der Waals surface area contributed by atoms with Gasteiger partial charge in [-0.15, -0.1) is 0 Å². The zero-order valence-electron chi connectivity index (χ0n) is 61.4. The lowest BCUT2D eigenvalue weighted by atomic mass is 9.92. The maximum Gasteiger partial charge on any atom is 0.418 e. The Kier molecular flexibility index (Phi) is 24.8. The van der Waals surface area contributed by atoms with Gasteiger partial charge in [0.05, 0.1) is 66.5 Å². The van der Waals surface area contributed by atoms with Gasteiger partial charge in [-0.3, -0.25) is 20.2 Å². The minimum atomic E-state index is -0.551. The molecule has 13 aromatic rings. The maximum atomic E-state index is 13.4. The SMILES string of the molecule is Cc1ccc(-n2nc(C(C)(C)C)cc2NC(=O)Nc2ccc(OCc3ccnc(Nc4cnc(C(=O)NCCO)cn4)c3)c3ccccc23)cc1.Cc1ccc(-n2nc(C(C)(C)C)cc2NC(=O)Oc2ccccc2)cc1.Nc1ccc(OCc2ccnc(Nc3cnc(C(=O)NCCO)cn3)c2)c2ccccc12. The van der Waals surface area contributed by atoms with E-state index in [0.29, 0.717) is 64.4 Å². The van der Waals surface area contributed by atoms with Crippen LogP contribution in [-0.2, 0) is 24.0 Å². The summed E-state index contributed by atoms with van der Waals surface area (Å²) >= 11 is 0. The van der Waals surface area contributed by atoms with Gasteiger partial charge in [-0.2, -0.15) is 10.2 Å². The van der Waals surface area contributed by atoms with Crippen molar-refractivity contribution in [2.45, 2.75) is 79.4 Å². The zero-order valence-corrected chi connectivity index (χ0v) is 61.4. The highest BCUT2D eigenvalue weighted by molar-refractivity contribution is 6.07. The number of carbonyl (C=O) groups is 4. The third-order valence-corrected chi connectivity index (χ3v) is 16.5. The van der Waals surface area contributed by atoms with Crippen molar-refractivity contribution in [3.8, 4) is 28.6 Å². The summed E-state index contributed by atoms with van der Waals surface area (Å²) < 4.78 is 21.1.